The number of tetrazole rings is 1. The van der Waals surface area contributed by atoms with Crippen molar-refractivity contribution < 1.29 is 18.0 Å². The molecule has 0 radical (unpaired) electrons. The Kier molecular flexibility index (Phi) is 8.77. The van der Waals surface area contributed by atoms with E-state index in [4.69, 9.17) is 4.99 Å². The van der Waals surface area contributed by atoms with Gasteiger partial charge in [0, 0.05) is 12.1 Å². The molecule has 1 fully saturated rings. The molecule has 1 unspecified atom stereocenters. The van der Waals surface area contributed by atoms with Crippen molar-refractivity contribution in [2.24, 2.45) is 16.8 Å². The fraction of sp³-hybridized carbons (Fsp3) is 0.516. The summed E-state index contributed by atoms with van der Waals surface area (Å²) in [7, 11) is 0. The quantitative estimate of drug-likeness (QED) is 0.296. The lowest BCUT2D eigenvalue weighted by Gasteiger charge is -2.46. The average Bonchev–Trinajstić information content (AvgIpc) is 3.58. The highest BCUT2D eigenvalue weighted by Gasteiger charge is 2.52. The van der Waals surface area contributed by atoms with Crippen molar-refractivity contribution in [1.82, 2.24) is 30.8 Å². The summed E-state index contributed by atoms with van der Waals surface area (Å²) in [6.45, 7) is 7.68. The number of aromatic amines is 1. The van der Waals surface area contributed by atoms with E-state index < -0.39 is 17.4 Å². The van der Waals surface area contributed by atoms with Crippen molar-refractivity contribution in [3.63, 3.8) is 0 Å². The van der Waals surface area contributed by atoms with Gasteiger partial charge in [0.25, 0.3) is 5.91 Å². The van der Waals surface area contributed by atoms with Crippen molar-refractivity contribution in [2.75, 3.05) is 0 Å². The molecule has 42 heavy (non-hydrogen) atoms. The van der Waals surface area contributed by atoms with Crippen LogP contribution in [0.25, 0.3) is 0 Å². The van der Waals surface area contributed by atoms with Crippen molar-refractivity contribution in [3.8, 4) is 0 Å². The number of aromatic nitrogens is 4. The first-order valence-corrected chi connectivity index (χ1v) is 14.7. The molecule has 0 saturated heterocycles. The van der Waals surface area contributed by atoms with Crippen LogP contribution in [0.3, 0.4) is 0 Å². The summed E-state index contributed by atoms with van der Waals surface area (Å²) in [5.41, 5.74) is 1.36. The Hall–Kier alpha value is -3.60. The molecule has 1 amide bonds. The van der Waals surface area contributed by atoms with Gasteiger partial charge in [0.1, 0.15) is 11.4 Å². The monoisotopic (exact) mass is 581 g/mol. The van der Waals surface area contributed by atoms with Gasteiger partial charge in [-0.15, -0.1) is 10.2 Å². The van der Waals surface area contributed by atoms with E-state index in [0.29, 0.717) is 36.3 Å². The van der Waals surface area contributed by atoms with Gasteiger partial charge in [-0.05, 0) is 67.2 Å². The van der Waals surface area contributed by atoms with Crippen molar-refractivity contribution in [2.45, 2.75) is 90.3 Å². The molecule has 11 heteroatoms. The molecule has 1 aliphatic carbocycles. The number of amides is 1. The van der Waals surface area contributed by atoms with Crippen LogP contribution in [0, 0.1) is 11.8 Å². The minimum absolute atomic E-state index is 0.199. The summed E-state index contributed by atoms with van der Waals surface area (Å²) in [5.74, 6) is 1.48. The lowest BCUT2D eigenvalue weighted by molar-refractivity contribution is -0.137. The fourth-order valence-corrected chi connectivity index (χ4v) is 6.32. The zero-order chi connectivity index (χ0) is 29.9. The highest BCUT2D eigenvalue weighted by atomic mass is 19.4. The van der Waals surface area contributed by atoms with Gasteiger partial charge in [-0.3, -0.25) is 9.79 Å². The highest BCUT2D eigenvalue weighted by molar-refractivity contribution is 6.46. The largest absolute Gasteiger partial charge is 0.416 e. The number of benzene rings is 2. The molecule has 224 valence electrons. The number of nitrogens with one attached hydrogen (secondary N) is 2. The van der Waals surface area contributed by atoms with Gasteiger partial charge in [-0.1, -0.05) is 68.8 Å². The number of nitrogens with zero attached hydrogens (tertiary/aromatic N) is 5. The average molecular weight is 582 g/mol. The zero-order valence-electron chi connectivity index (χ0n) is 24.3. The molecule has 1 spiro atoms. The van der Waals surface area contributed by atoms with Gasteiger partial charge in [0.2, 0.25) is 0 Å². The number of alkyl halides is 3. The number of carbonyl (C=O) groups excluding carboxylic acids is 1. The lowest BCUT2D eigenvalue weighted by atomic mass is 9.76. The summed E-state index contributed by atoms with van der Waals surface area (Å²) in [4.78, 5) is 21.3. The molecule has 1 aromatic heterocycles. The second kappa shape index (κ2) is 12.3. The van der Waals surface area contributed by atoms with Crippen LogP contribution >= 0.6 is 0 Å². The predicted molar refractivity (Wildman–Crippen MR) is 153 cm³/mol. The number of hydrogen-bond donors (Lipinski definition) is 2. The van der Waals surface area contributed by atoms with Crippen LogP contribution in [0.15, 0.2) is 53.5 Å². The third-order valence-electron chi connectivity index (χ3n) is 8.69. The summed E-state index contributed by atoms with van der Waals surface area (Å²) >= 11 is 0. The molecule has 2 aromatic carbocycles. The van der Waals surface area contributed by atoms with Gasteiger partial charge in [0.15, 0.2) is 5.82 Å². The number of halogens is 3. The van der Waals surface area contributed by atoms with Crippen molar-refractivity contribution in [3.05, 3.63) is 76.6 Å². The maximum atomic E-state index is 14.2. The molecule has 2 aliphatic rings. The Labute approximate surface area is 244 Å². The Bertz CT molecular complexity index is 1360. The predicted octanol–water partition coefficient (Wildman–Crippen LogP) is 6.22. The number of H-pyrrole nitrogens is 1. The van der Waals surface area contributed by atoms with Crippen LogP contribution in [0.2, 0.25) is 0 Å². The maximum Gasteiger partial charge on any atom is 0.416 e. The lowest BCUT2D eigenvalue weighted by Crippen LogP contribution is -2.51. The molecule has 1 saturated carbocycles. The molecule has 2 heterocycles. The van der Waals surface area contributed by atoms with Gasteiger partial charge >= 0.3 is 6.18 Å². The second-order valence-corrected chi connectivity index (χ2v) is 11.8. The van der Waals surface area contributed by atoms with Gasteiger partial charge in [-0.25, -0.2) is 0 Å². The van der Waals surface area contributed by atoms with Crippen LogP contribution in [0.5, 0.6) is 0 Å². The molecule has 8 nitrogen and oxygen atoms in total. The summed E-state index contributed by atoms with van der Waals surface area (Å²) in [6, 6.07) is 12.9. The van der Waals surface area contributed by atoms with Crippen LogP contribution in [0.1, 0.15) is 93.4 Å². The first-order chi connectivity index (χ1) is 20.1. The molecular formula is C31H38F3N7O. The Morgan fingerprint density at radius 1 is 1.05 bits per heavy atom. The van der Waals surface area contributed by atoms with E-state index >= 15 is 0 Å². The Morgan fingerprint density at radius 3 is 2.31 bits per heavy atom. The fourth-order valence-electron chi connectivity index (χ4n) is 6.32. The molecule has 3 aromatic rings. The minimum atomic E-state index is -4.44. The molecule has 1 atom stereocenters. The van der Waals surface area contributed by atoms with E-state index in [1.165, 1.54) is 12.1 Å². The SMILES string of the molecule is CCCC(c1ccc(CNCc2nn[nH]n2)cc1)N1C(=O)C(c2ccc(C(F)(F)F)cc2)=NC12CCC(C(C)C)CC2. The third kappa shape index (κ3) is 6.25. The highest BCUT2D eigenvalue weighted by Crippen LogP contribution is 2.48. The van der Waals surface area contributed by atoms with E-state index in [-0.39, 0.29) is 17.7 Å². The first-order valence-electron chi connectivity index (χ1n) is 14.7. The standard InChI is InChI=1S/C31H38F3N7O/c1-4-5-26(23-8-6-21(7-9-23)18-35-19-27-37-39-40-38-27)41-29(42)28(24-10-12-25(13-11-24)31(32,33)34)36-30(41)16-14-22(15-17-30)20(2)3/h6-13,20,22,26,35H,4-5,14-19H2,1-3H3,(H,37,38,39,40). The molecule has 1 aliphatic heterocycles. The number of carbonyl (C=O) groups is 1. The van der Waals surface area contributed by atoms with Crippen molar-refractivity contribution in [1.29, 1.82) is 0 Å². The van der Waals surface area contributed by atoms with Gasteiger partial charge in [0.05, 0.1) is 18.2 Å². The minimum Gasteiger partial charge on any atom is -0.306 e. The number of rotatable bonds is 10. The Morgan fingerprint density at radius 2 is 1.74 bits per heavy atom. The van der Waals surface area contributed by atoms with Crippen molar-refractivity contribution >= 4 is 11.6 Å². The smallest absolute Gasteiger partial charge is 0.306 e. The van der Waals surface area contributed by atoms with E-state index in [0.717, 1.165) is 61.8 Å². The summed E-state index contributed by atoms with van der Waals surface area (Å²) in [5, 5.41) is 17.2. The molecule has 5 rings (SSSR count). The van der Waals surface area contributed by atoms with E-state index in [2.05, 4.69) is 71.0 Å². The van der Waals surface area contributed by atoms with E-state index in [1.807, 2.05) is 4.90 Å². The van der Waals surface area contributed by atoms with E-state index in [9.17, 15) is 18.0 Å². The van der Waals surface area contributed by atoms with Crippen LogP contribution in [-0.2, 0) is 24.1 Å². The molecule has 0 bridgehead atoms. The third-order valence-corrected chi connectivity index (χ3v) is 8.69. The molecule has 2 N–H and O–H groups in total. The van der Waals surface area contributed by atoms with Gasteiger partial charge in [-0.2, -0.15) is 18.4 Å². The van der Waals surface area contributed by atoms with Crippen LogP contribution < -0.4 is 5.32 Å². The normalized spacial score (nSPS) is 21.8. The van der Waals surface area contributed by atoms with Gasteiger partial charge < -0.3 is 10.2 Å². The summed E-state index contributed by atoms with van der Waals surface area (Å²) < 4.78 is 39.7. The van der Waals surface area contributed by atoms with Crippen LogP contribution in [0.4, 0.5) is 13.2 Å². The van der Waals surface area contributed by atoms with Crippen LogP contribution in [-0.4, -0.2) is 42.8 Å². The molecular weight excluding hydrogens is 543 g/mol. The first kappa shape index (κ1) is 29.9. The second-order valence-electron chi connectivity index (χ2n) is 11.8. The number of aliphatic imine (C=N–C) groups is 1. The topological polar surface area (TPSA) is 99.2 Å². The Balaban J connectivity index is 1.43. The maximum absolute atomic E-state index is 14.2. The number of hydrogen-bond acceptors (Lipinski definition) is 6. The van der Waals surface area contributed by atoms with E-state index in [1.54, 1.807) is 0 Å². The zero-order valence-corrected chi connectivity index (χ0v) is 24.3. The summed E-state index contributed by atoms with van der Waals surface area (Å²) in [6.07, 6.45) is 0.566.